The second-order valence-electron chi connectivity index (χ2n) is 6.66. The fourth-order valence-corrected chi connectivity index (χ4v) is 3.87. The molecule has 0 atom stereocenters. The molecule has 23 heavy (non-hydrogen) atoms. The van der Waals surface area contributed by atoms with Crippen molar-refractivity contribution in [1.29, 1.82) is 0 Å². The predicted molar refractivity (Wildman–Crippen MR) is 80.6 cm³/mol. The van der Waals surface area contributed by atoms with Crippen LogP contribution in [0.4, 0.5) is 13.2 Å². The fourth-order valence-electron chi connectivity index (χ4n) is 3.87. The van der Waals surface area contributed by atoms with Crippen LogP contribution < -0.4 is 0 Å². The van der Waals surface area contributed by atoms with E-state index in [9.17, 15) is 13.2 Å². The molecule has 0 bridgehead atoms. The van der Waals surface area contributed by atoms with E-state index in [2.05, 4.69) is 0 Å². The summed E-state index contributed by atoms with van der Waals surface area (Å²) in [4.78, 5) is 0. The molecule has 3 rings (SSSR count). The SMILES string of the molecule is Fc1cc(C2(CCC3OCCCO3)CCCCC2)cc(F)c1F. The fraction of sp³-hybridized carbons (Fsp3) is 0.667. The van der Waals surface area contributed by atoms with E-state index in [4.69, 9.17) is 9.47 Å². The van der Waals surface area contributed by atoms with Gasteiger partial charge in [-0.2, -0.15) is 0 Å². The zero-order chi connectivity index (χ0) is 16.3. The van der Waals surface area contributed by atoms with Crippen molar-refractivity contribution in [1.82, 2.24) is 0 Å². The molecule has 1 aromatic carbocycles. The molecule has 2 fully saturated rings. The van der Waals surface area contributed by atoms with Gasteiger partial charge in [0.1, 0.15) is 0 Å². The van der Waals surface area contributed by atoms with E-state index in [-0.39, 0.29) is 11.7 Å². The van der Waals surface area contributed by atoms with E-state index in [1.165, 1.54) is 12.1 Å². The lowest BCUT2D eigenvalue weighted by atomic mass is 9.67. The standard InChI is InChI=1S/C18H23F3O2/c19-14-11-13(12-15(20)17(14)21)18(6-2-1-3-7-18)8-5-16-22-9-4-10-23-16/h11-12,16H,1-10H2. The Morgan fingerprint density at radius 3 is 2.13 bits per heavy atom. The van der Waals surface area contributed by atoms with E-state index < -0.39 is 17.5 Å². The van der Waals surface area contributed by atoms with Gasteiger partial charge in [0.2, 0.25) is 0 Å². The lowest BCUT2D eigenvalue weighted by molar-refractivity contribution is -0.183. The molecule has 0 spiro atoms. The lowest BCUT2D eigenvalue weighted by Gasteiger charge is -2.39. The van der Waals surface area contributed by atoms with Gasteiger partial charge in [0, 0.05) is 0 Å². The zero-order valence-corrected chi connectivity index (χ0v) is 13.3. The summed E-state index contributed by atoms with van der Waals surface area (Å²) in [5, 5.41) is 0. The van der Waals surface area contributed by atoms with Gasteiger partial charge in [-0.15, -0.1) is 0 Å². The van der Waals surface area contributed by atoms with Crippen LogP contribution in [0.2, 0.25) is 0 Å². The van der Waals surface area contributed by atoms with Crippen LogP contribution in [-0.4, -0.2) is 19.5 Å². The van der Waals surface area contributed by atoms with Gasteiger partial charge in [-0.25, -0.2) is 13.2 Å². The average Bonchev–Trinajstić information content (AvgIpc) is 2.59. The van der Waals surface area contributed by atoms with Crippen molar-refractivity contribution in [2.45, 2.75) is 63.1 Å². The highest BCUT2D eigenvalue weighted by molar-refractivity contribution is 5.28. The van der Waals surface area contributed by atoms with Crippen LogP contribution in [0.15, 0.2) is 12.1 Å². The highest BCUT2D eigenvalue weighted by atomic mass is 19.2. The molecule has 1 aromatic rings. The van der Waals surface area contributed by atoms with Crippen LogP contribution in [0, 0.1) is 17.5 Å². The first kappa shape index (κ1) is 16.8. The summed E-state index contributed by atoms with van der Waals surface area (Å²) in [5.74, 6) is -3.59. The lowest BCUT2D eigenvalue weighted by Crippen LogP contribution is -2.33. The van der Waals surface area contributed by atoms with E-state index >= 15 is 0 Å². The molecule has 0 N–H and O–H groups in total. The molecule has 5 heteroatoms. The third kappa shape index (κ3) is 3.72. The Morgan fingerprint density at radius 1 is 0.913 bits per heavy atom. The third-order valence-electron chi connectivity index (χ3n) is 5.16. The van der Waals surface area contributed by atoms with Gasteiger partial charge in [-0.1, -0.05) is 19.3 Å². The maximum Gasteiger partial charge on any atom is 0.194 e. The maximum absolute atomic E-state index is 13.7. The van der Waals surface area contributed by atoms with Crippen molar-refractivity contribution in [3.05, 3.63) is 35.1 Å². The van der Waals surface area contributed by atoms with Gasteiger partial charge in [0.05, 0.1) is 13.2 Å². The molecule has 2 nitrogen and oxygen atoms in total. The monoisotopic (exact) mass is 328 g/mol. The normalized spacial score (nSPS) is 22.2. The Labute approximate surface area is 135 Å². The van der Waals surface area contributed by atoms with Crippen molar-refractivity contribution in [2.75, 3.05) is 13.2 Å². The van der Waals surface area contributed by atoms with Crippen molar-refractivity contribution in [3.63, 3.8) is 0 Å². The van der Waals surface area contributed by atoms with E-state index in [1.54, 1.807) is 0 Å². The second kappa shape index (κ2) is 7.22. The molecule has 1 saturated carbocycles. The van der Waals surface area contributed by atoms with Crippen LogP contribution in [0.3, 0.4) is 0 Å². The largest absolute Gasteiger partial charge is 0.353 e. The molecule has 2 aliphatic rings. The quantitative estimate of drug-likeness (QED) is 0.736. The number of hydrogen-bond acceptors (Lipinski definition) is 2. The molecule has 128 valence electrons. The van der Waals surface area contributed by atoms with E-state index in [1.807, 2.05) is 0 Å². The topological polar surface area (TPSA) is 18.5 Å². The van der Waals surface area contributed by atoms with Crippen molar-refractivity contribution in [2.24, 2.45) is 0 Å². The smallest absolute Gasteiger partial charge is 0.194 e. The molecule has 0 aromatic heterocycles. The summed E-state index contributed by atoms with van der Waals surface area (Å²) >= 11 is 0. The predicted octanol–water partition coefficient (Wildman–Crippen LogP) is 4.85. The Bertz CT molecular complexity index is 512. The van der Waals surface area contributed by atoms with Gasteiger partial charge in [0.25, 0.3) is 0 Å². The molecule has 1 aliphatic carbocycles. The van der Waals surface area contributed by atoms with Crippen LogP contribution in [0.1, 0.15) is 56.9 Å². The van der Waals surface area contributed by atoms with Gasteiger partial charge < -0.3 is 9.47 Å². The Hall–Kier alpha value is -1.07. The second-order valence-corrected chi connectivity index (χ2v) is 6.66. The number of hydrogen-bond donors (Lipinski definition) is 0. The average molecular weight is 328 g/mol. The van der Waals surface area contributed by atoms with Gasteiger partial charge in [-0.3, -0.25) is 0 Å². The summed E-state index contributed by atoms with van der Waals surface area (Å²) in [6.45, 7) is 1.38. The van der Waals surface area contributed by atoms with Crippen LogP contribution in [-0.2, 0) is 14.9 Å². The van der Waals surface area contributed by atoms with Crippen molar-refractivity contribution < 1.29 is 22.6 Å². The third-order valence-corrected chi connectivity index (χ3v) is 5.16. The Morgan fingerprint density at radius 2 is 1.52 bits per heavy atom. The minimum absolute atomic E-state index is 0.238. The molecule has 1 saturated heterocycles. The molecule has 1 heterocycles. The number of ether oxygens (including phenoxy) is 2. The first-order valence-electron chi connectivity index (χ1n) is 8.49. The Balaban J connectivity index is 1.81. The van der Waals surface area contributed by atoms with E-state index in [0.29, 0.717) is 25.2 Å². The van der Waals surface area contributed by atoms with Gasteiger partial charge >= 0.3 is 0 Å². The zero-order valence-electron chi connectivity index (χ0n) is 13.3. The molecule has 1 aliphatic heterocycles. The summed E-state index contributed by atoms with van der Waals surface area (Å²) in [5.41, 5.74) is 0.266. The minimum Gasteiger partial charge on any atom is -0.353 e. The first-order chi connectivity index (χ1) is 11.1. The molecule has 0 unspecified atom stereocenters. The summed E-state index contributed by atoms with van der Waals surface area (Å²) in [6.07, 6.45) is 7.00. The molecule has 0 amide bonds. The molecular weight excluding hydrogens is 305 g/mol. The van der Waals surface area contributed by atoms with Crippen molar-refractivity contribution in [3.8, 4) is 0 Å². The minimum atomic E-state index is -1.39. The van der Waals surface area contributed by atoms with Gasteiger partial charge in [0.15, 0.2) is 23.7 Å². The molecular formula is C18H23F3O2. The van der Waals surface area contributed by atoms with Crippen molar-refractivity contribution >= 4 is 0 Å². The number of halogens is 3. The summed E-state index contributed by atoms with van der Waals surface area (Å²) in [6, 6.07) is 2.35. The number of benzene rings is 1. The summed E-state index contributed by atoms with van der Waals surface area (Å²) in [7, 11) is 0. The number of rotatable bonds is 4. The molecule has 0 radical (unpaired) electrons. The van der Waals surface area contributed by atoms with Gasteiger partial charge in [-0.05, 0) is 55.2 Å². The highest BCUT2D eigenvalue weighted by Gasteiger charge is 2.36. The Kier molecular flexibility index (Phi) is 5.27. The van der Waals surface area contributed by atoms with Crippen LogP contribution in [0.5, 0.6) is 0 Å². The first-order valence-corrected chi connectivity index (χ1v) is 8.49. The maximum atomic E-state index is 13.7. The summed E-state index contributed by atoms with van der Waals surface area (Å²) < 4.78 is 51.9. The van der Waals surface area contributed by atoms with Crippen LogP contribution >= 0.6 is 0 Å². The van der Waals surface area contributed by atoms with E-state index in [0.717, 1.165) is 44.9 Å². The highest BCUT2D eigenvalue weighted by Crippen LogP contribution is 2.44. The van der Waals surface area contributed by atoms with Crippen LogP contribution in [0.25, 0.3) is 0 Å².